The standard InChI is InChI=1S/C15H24N6O2S/c1-23-9-12-17-15(24-19-12)21-6-4-20(5-7-21)14-16-11(10-2-3-10)8-13(22)18-14/h10-11,14,16H,2-9H2,1H3,(H,18,22). The molecule has 1 amide bonds. The maximum atomic E-state index is 12.0. The molecule has 3 heterocycles. The van der Waals surface area contributed by atoms with Gasteiger partial charge in [-0.2, -0.15) is 4.37 Å². The zero-order valence-electron chi connectivity index (χ0n) is 13.9. The predicted molar refractivity (Wildman–Crippen MR) is 90.6 cm³/mol. The molecule has 132 valence electrons. The number of hydrogen-bond donors (Lipinski definition) is 2. The lowest BCUT2D eigenvalue weighted by Crippen LogP contribution is -2.67. The number of aromatic nitrogens is 2. The number of hydrogen-bond acceptors (Lipinski definition) is 8. The van der Waals surface area contributed by atoms with Crippen LogP contribution in [-0.2, 0) is 16.1 Å². The normalized spacial score (nSPS) is 28.9. The largest absolute Gasteiger partial charge is 0.377 e. The van der Waals surface area contributed by atoms with E-state index in [1.54, 1.807) is 7.11 Å². The maximum absolute atomic E-state index is 12.0. The van der Waals surface area contributed by atoms with E-state index in [0.717, 1.165) is 37.1 Å². The summed E-state index contributed by atoms with van der Waals surface area (Å²) in [6, 6.07) is 0.349. The minimum Gasteiger partial charge on any atom is -0.377 e. The molecule has 8 nitrogen and oxygen atoms in total. The van der Waals surface area contributed by atoms with Gasteiger partial charge in [0.15, 0.2) is 5.82 Å². The average molecular weight is 352 g/mol. The summed E-state index contributed by atoms with van der Waals surface area (Å²) in [6.45, 7) is 4.04. The Bertz CT molecular complexity index is 584. The molecule has 24 heavy (non-hydrogen) atoms. The number of carbonyl (C=O) groups excluding carboxylic acids is 1. The van der Waals surface area contributed by atoms with Gasteiger partial charge in [0.2, 0.25) is 11.0 Å². The first-order chi connectivity index (χ1) is 11.7. The van der Waals surface area contributed by atoms with E-state index in [1.807, 2.05) is 0 Å². The molecule has 0 bridgehead atoms. The fourth-order valence-electron chi connectivity index (χ4n) is 3.44. The summed E-state index contributed by atoms with van der Waals surface area (Å²) in [5.41, 5.74) is 0. The van der Waals surface area contributed by atoms with Crippen LogP contribution >= 0.6 is 11.5 Å². The smallest absolute Gasteiger partial charge is 0.223 e. The Kier molecular flexibility index (Phi) is 4.66. The molecule has 2 saturated heterocycles. The Labute approximate surface area is 145 Å². The van der Waals surface area contributed by atoms with Crippen LogP contribution in [0.4, 0.5) is 5.13 Å². The van der Waals surface area contributed by atoms with Crippen LogP contribution in [-0.4, -0.2) is 65.8 Å². The van der Waals surface area contributed by atoms with E-state index in [0.29, 0.717) is 25.0 Å². The van der Waals surface area contributed by atoms with Gasteiger partial charge in [0, 0.05) is 57.3 Å². The number of nitrogens with zero attached hydrogens (tertiary/aromatic N) is 4. The number of anilines is 1. The van der Waals surface area contributed by atoms with Crippen LogP contribution < -0.4 is 15.5 Å². The highest BCUT2D eigenvalue weighted by atomic mass is 32.1. The van der Waals surface area contributed by atoms with Gasteiger partial charge in [-0.1, -0.05) is 0 Å². The van der Waals surface area contributed by atoms with Crippen molar-refractivity contribution in [3.05, 3.63) is 5.82 Å². The monoisotopic (exact) mass is 352 g/mol. The number of piperazine rings is 1. The van der Waals surface area contributed by atoms with Crippen LogP contribution in [0.25, 0.3) is 0 Å². The van der Waals surface area contributed by atoms with Gasteiger partial charge in [0.05, 0.1) is 0 Å². The molecular formula is C15H24N6O2S. The van der Waals surface area contributed by atoms with E-state index in [2.05, 4.69) is 29.8 Å². The van der Waals surface area contributed by atoms with E-state index in [1.165, 1.54) is 24.4 Å². The van der Waals surface area contributed by atoms with Crippen molar-refractivity contribution in [2.24, 2.45) is 5.92 Å². The van der Waals surface area contributed by atoms with Gasteiger partial charge in [-0.3, -0.25) is 15.0 Å². The molecule has 1 aromatic rings. The SMILES string of the molecule is COCc1nsc(N2CCN(C3NC(=O)CC(C4CC4)N3)CC2)n1. The minimum absolute atomic E-state index is 0.0301. The zero-order valence-corrected chi connectivity index (χ0v) is 14.7. The van der Waals surface area contributed by atoms with Gasteiger partial charge in [0.1, 0.15) is 12.9 Å². The molecular weight excluding hydrogens is 328 g/mol. The van der Waals surface area contributed by atoms with Gasteiger partial charge in [-0.25, -0.2) is 4.98 Å². The summed E-state index contributed by atoms with van der Waals surface area (Å²) in [6.07, 6.45) is 3.10. The highest BCUT2D eigenvalue weighted by Gasteiger charge is 2.39. The second-order valence-electron chi connectivity index (χ2n) is 6.73. The number of nitrogens with one attached hydrogen (secondary N) is 2. The van der Waals surface area contributed by atoms with E-state index in [9.17, 15) is 4.79 Å². The Hall–Kier alpha value is -1.29. The first kappa shape index (κ1) is 16.2. The summed E-state index contributed by atoms with van der Waals surface area (Å²) in [7, 11) is 1.65. The molecule has 3 aliphatic rings. The fourth-order valence-corrected chi connectivity index (χ4v) is 4.17. The fraction of sp³-hybridized carbons (Fsp3) is 0.800. The first-order valence-corrected chi connectivity index (χ1v) is 9.36. The molecule has 1 saturated carbocycles. The van der Waals surface area contributed by atoms with Crippen LogP contribution in [0.2, 0.25) is 0 Å². The van der Waals surface area contributed by atoms with Crippen molar-refractivity contribution >= 4 is 22.6 Å². The average Bonchev–Trinajstić information content (AvgIpc) is 3.35. The van der Waals surface area contributed by atoms with Crippen LogP contribution in [0.5, 0.6) is 0 Å². The van der Waals surface area contributed by atoms with Gasteiger partial charge in [-0.15, -0.1) is 0 Å². The molecule has 0 aromatic carbocycles. The number of amides is 1. The van der Waals surface area contributed by atoms with Gasteiger partial charge >= 0.3 is 0 Å². The molecule has 0 spiro atoms. The van der Waals surface area contributed by atoms with Crippen molar-refractivity contribution < 1.29 is 9.53 Å². The second-order valence-corrected chi connectivity index (χ2v) is 7.46. The van der Waals surface area contributed by atoms with Crippen LogP contribution in [0.3, 0.4) is 0 Å². The molecule has 2 unspecified atom stereocenters. The predicted octanol–water partition coefficient (Wildman–Crippen LogP) is -0.0218. The zero-order chi connectivity index (χ0) is 16.5. The van der Waals surface area contributed by atoms with E-state index in [4.69, 9.17) is 4.74 Å². The quantitative estimate of drug-likeness (QED) is 0.770. The Balaban J connectivity index is 1.32. The molecule has 2 atom stereocenters. The van der Waals surface area contributed by atoms with Crippen LogP contribution in [0.1, 0.15) is 25.1 Å². The summed E-state index contributed by atoms with van der Waals surface area (Å²) in [4.78, 5) is 21.1. The lowest BCUT2D eigenvalue weighted by Gasteiger charge is -2.43. The first-order valence-electron chi connectivity index (χ1n) is 8.59. The van der Waals surface area contributed by atoms with Gasteiger partial charge in [0.25, 0.3) is 0 Å². The van der Waals surface area contributed by atoms with E-state index >= 15 is 0 Å². The van der Waals surface area contributed by atoms with Crippen molar-refractivity contribution in [3.8, 4) is 0 Å². The maximum Gasteiger partial charge on any atom is 0.223 e. The van der Waals surface area contributed by atoms with Crippen molar-refractivity contribution in [1.82, 2.24) is 24.9 Å². The second kappa shape index (κ2) is 6.91. The van der Waals surface area contributed by atoms with Crippen LogP contribution in [0.15, 0.2) is 0 Å². The number of methoxy groups -OCH3 is 1. The third kappa shape index (κ3) is 3.53. The van der Waals surface area contributed by atoms with Crippen molar-refractivity contribution in [1.29, 1.82) is 0 Å². The molecule has 1 aromatic heterocycles. The van der Waals surface area contributed by atoms with E-state index in [-0.39, 0.29) is 12.2 Å². The molecule has 1 aliphatic carbocycles. The third-order valence-electron chi connectivity index (χ3n) is 4.95. The Morgan fingerprint density at radius 2 is 2.08 bits per heavy atom. The summed E-state index contributed by atoms with van der Waals surface area (Å²) < 4.78 is 9.39. The van der Waals surface area contributed by atoms with Crippen molar-refractivity contribution in [2.45, 2.75) is 38.2 Å². The lowest BCUT2D eigenvalue weighted by atomic mass is 10.1. The third-order valence-corrected chi connectivity index (χ3v) is 5.76. The summed E-state index contributed by atoms with van der Waals surface area (Å²) in [5, 5.41) is 7.67. The van der Waals surface area contributed by atoms with Gasteiger partial charge in [-0.05, 0) is 18.8 Å². The summed E-state index contributed by atoms with van der Waals surface area (Å²) >= 11 is 1.43. The summed E-state index contributed by atoms with van der Waals surface area (Å²) in [5.74, 6) is 1.61. The highest BCUT2D eigenvalue weighted by Crippen LogP contribution is 2.35. The van der Waals surface area contributed by atoms with Gasteiger partial charge < -0.3 is 15.0 Å². The molecule has 2 N–H and O–H groups in total. The van der Waals surface area contributed by atoms with Crippen molar-refractivity contribution in [3.63, 3.8) is 0 Å². The van der Waals surface area contributed by atoms with Crippen molar-refractivity contribution in [2.75, 3.05) is 38.2 Å². The topological polar surface area (TPSA) is 82.6 Å². The van der Waals surface area contributed by atoms with E-state index < -0.39 is 0 Å². The number of ether oxygens (including phenoxy) is 1. The van der Waals surface area contributed by atoms with Crippen LogP contribution in [0, 0.1) is 5.92 Å². The Morgan fingerprint density at radius 1 is 1.29 bits per heavy atom. The molecule has 9 heteroatoms. The minimum atomic E-state index is -0.0301. The molecule has 2 aliphatic heterocycles. The number of rotatable bonds is 5. The molecule has 4 rings (SSSR count). The lowest BCUT2D eigenvalue weighted by molar-refractivity contribution is -0.127. The number of carbonyl (C=O) groups is 1. The molecule has 3 fully saturated rings. The Morgan fingerprint density at radius 3 is 2.79 bits per heavy atom. The highest BCUT2D eigenvalue weighted by molar-refractivity contribution is 7.09. The molecule has 0 radical (unpaired) electrons.